The maximum absolute atomic E-state index is 13.8. The quantitative estimate of drug-likeness (QED) is 0.0826. The lowest BCUT2D eigenvalue weighted by Gasteiger charge is -2.43. The van der Waals surface area contributed by atoms with E-state index in [1.165, 1.54) is 4.57 Å². The molecule has 67 heavy (non-hydrogen) atoms. The number of rotatable bonds is 9. The number of hydrogen-bond donors (Lipinski definition) is 4. The van der Waals surface area contributed by atoms with Crippen LogP contribution in [-0.2, 0) is 20.9 Å². The summed E-state index contributed by atoms with van der Waals surface area (Å²) in [6, 6.07) is 22.6. The number of fused-ring (bicyclic) bond motifs is 2. The van der Waals surface area contributed by atoms with Crippen molar-refractivity contribution >= 4 is 56.8 Å². The summed E-state index contributed by atoms with van der Waals surface area (Å²) in [4.78, 5) is 71.6. The van der Waals surface area contributed by atoms with E-state index in [1.807, 2.05) is 62.1 Å². The summed E-state index contributed by atoms with van der Waals surface area (Å²) in [5, 5.41) is 19.4. The zero-order valence-electron chi connectivity index (χ0n) is 38.9. The average molecular weight is 907 g/mol. The summed E-state index contributed by atoms with van der Waals surface area (Å²) < 4.78 is 3.20. The van der Waals surface area contributed by atoms with Crippen LogP contribution >= 0.6 is 0 Å². The van der Waals surface area contributed by atoms with E-state index in [9.17, 15) is 29.1 Å². The van der Waals surface area contributed by atoms with Crippen LogP contribution in [0, 0.1) is 30.6 Å². The number of nitrogens with one attached hydrogen (secondary N) is 2. The van der Waals surface area contributed by atoms with Gasteiger partial charge in [0.1, 0.15) is 6.04 Å². The number of imidazole rings is 1. The number of likely N-dealkylation sites (tertiary alicyclic amines) is 2. The highest BCUT2D eigenvalue weighted by molar-refractivity contribution is 6.00. The maximum atomic E-state index is 13.8. The van der Waals surface area contributed by atoms with Gasteiger partial charge in [0, 0.05) is 80.0 Å². The summed E-state index contributed by atoms with van der Waals surface area (Å²) >= 11 is 0. The Kier molecular flexibility index (Phi) is 13.0. The van der Waals surface area contributed by atoms with Crippen LogP contribution in [0.4, 0.5) is 11.4 Å². The number of piperidine rings is 4. The minimum atomic E-state index is -0.835. The van der Waals surface area contributed by atoms with Gasteiger partial charge >= 0.3 is 5.69 Å². The molecule has 1 aromatic heterocycles. The van der Waals surface area contributed by atoms with Gasteiger partial charge in [0.25, 0.3) is 5.91 Å². The average Bonchev–Trinajstić information content (AvgIpc) is 3.61. The number of nitrogen functional groups attached to an aromatic ring is 1. The van der Waals surface area contributed by atoms with E-state index in [0.717, 1.165) is 77.4 Å². The van der Waals surface area contributed by atoms with Gasteiger partial charge in [-0.15, -0.1) is 0 Å². The van der Waals surface area contributed by atoms with Gasteiger partial charge in [0.05, 0.1) is 22.7 Å². The van der Waals surface area contributed by atoms with Crippen LogP contribution < -0.4 is 27.0 Å². The highest BCUT2D eigenvalue weighted by Gasteiger charge is 2.39. The van der Waals surface area contributed by atoms with Crippen LogP contribution in [0.1, 0.15) is 104 Å². The van der Waals surface area contributed by atoms with Gasteiger partial charge in [0.2, 0.25) is 17.7 Å². The number of anilines is 2. The number of amides is 4. The Labute approximate surface area is 391 Å². The molecule has 350 valence electrons. The summed E-state index contributed by atoms with van der Waals surface area (Å²) in [5.41, 5.74) is 11.3. The Morgan fingerprint density at radius 3 is 2.33 bits per heavy atom. The first-order chi connectivity index (χ1) is 32.3. The molecule has 2 unspecified atom stereocenters. The molecule has 0 spiro atoms. The molecule has 14 nitrogen and oxygen atoms in total. The molecular formula is C53H62N8O6. The van der Waals surface area contributed by atoms with Crippen molar-refractivity contribution < 1.29 is 24.3 Å². The van der Waals surface area contributed by atoms with Gasteiger partial charge in [-0.05, 0) is 137 Å². The molecule has 4 aromatic carbocycles. The van der Waals surface area contributed by atoms with E-state index in [-0.39, 0.29) is 47.7 Å². The fourth-order valence-electron chi connectivity index (χ4n) is 10.8. The molecule has 5 N–H and O–H groups in total. The number of imide groups is 1. The lowest BCUT2D eigenvalue weighted by molar-refractivity contribution is -0.141. The van der Waals surface area contributed by atoms with E-state index in [0.29, 0.717) is 75.3 Å². The molecule has 0 radical (unpaired) electrons. The van der Waals surface area contributed by atoms with Crippen molar-refractivity contribution in [2.75, 3.05) is 56.4 Å². The van der Waals surface area contributed by atoms with Crippen molar-refractivity contribution in [3.05, 3.63) is 106 Å². The Hall–Kier alpha value is -6.43. The largest absolute Gasteiger partial charge is 0.399 e. The number of aryl methyl sites for hydroxylation is 2. The normalized spacial score (nSPS) is 20.1. The number of aliphatic hydroxyl groups is 1. The molecule has 4 aliphatic rings. The van der Waals surface area contributed by atoms with Crippen LogP contribution in [0.3, 0.4) is 0 Å². The molecular weight excluding hydrogens is 845 g/mol. The second-order valence-electron chi connectivity index (χ2n) is 19.2. The SMILES string of the molecule is CCn1c(=O)n(C2CCC(=O)NC2=O)c2ccc(N3CCC(C(=O)N4CCC(O)(CN5CCC(C#Cc6ccc(C(C)NC(=O)c7cc(N)ccc7C)c7ccccc67)CC5)CC4)CC3)cc21. The van der Waals surface area contributed by atoms with Crippen molar-refractivity contribution in [2.24, 2.45) is 11.8 Å². The number of nitrogens with two attached hydrogens (primary N) is 1. The molecule has 14 heteroatoms. The van der Waals surface area contributed by atoms with E-state index in [4.69, 9.17) is 5.73 Å². The lowest BCUT2D eigenvalue weighted by atomic mass is 9.87. The van der Waals surface area contributed by atoms with Gasteiger partial charge in [-0.3, -0.25) is 33.6 Å². The first kappa shape index (κ1) is 45.7. The van der Waals surface area contributed by atoms with E-state index < -0.39 is 17.6 Å². The second-order valence-corrected chi connectivity index (χ2v) is 19.2. The standard InChI is InChI=1S/C53H62N8O6/c1-4-60-47-32-40(14-16-45(47)61(52(60)66)46-17-18-48(62)56-50(46)64)58-27-21-38(22-28-58)51(65)59-29-23-53(67,24-30-59)33-57-25-19-36(20-26-57)10-11-37-12-15-41(43-8-6-5-7-42(37)43)35(3)55-49(63)44-31-39(54)13-9-34(44)2/h5-9,12-16,31-32,35-36,38,46,67H,4,17-30,33,54H2,1-3H3,(H,55,63)(H,56,62,64). The monoisotopic (exact) mass is 906 g/mol. The third kappa shape index (κ3) is 9.45. The molecule has 2 atom stereocenters. The van der Waals surface area contributed by atoms with Crippen LogP contribution in [0.25, 0.3) is 21.8 Å². The highest BCUT2D eigenvalue weighted by atomic mass is 16.3. The van der Waals surface area contributed by atoms with Crippen LogP contribution in [0.2, 0.25) is 0 Å². The van der Waals surface area contributed by atoms with Crippen molar-refractivity contribution in [3.8, 4) is 11.8 Å². The van der Waals surface area contributed by atoms with E-state index in [2.05, 4.69) is 56.5 Å². The number of β-amino-alcohol motifs (C(OH)–C–C–N with tert-alkyl or cyclic N) is 1. The molecule has 5 aromatic rings. The number of carbonyl (C=O) groups is 4. The Balaban J connectivity index is 0.747. The summed E-state index contributed by atoms with van der Waals surface area (Å²) in [6.45, 7) is 11.1. The molecule has 4 amide bonds. The number of aromatic nitrogens is 2. The minimum absolute atomic E-state index is 0.0779. The van der Waals surface area contributed by atoms with Crippen LogP contribution in [-0.4, -0.2) is 99.1 Å². The topological polar surface area (TPSA) is 175 Å². The Morgan fingerprint density at radius 2 is 1.61 bits per heavy atom. The van der Waals surface area contributed by atoms with Gasteiger partial charge < -0.3 is 30.9 Å². The van der Waals surface area contributed by atoms with Crippen LogP contribution in [0.5, 0.6) is 0 Å². The first-order valence-corrected chi connectivity index (χ1v) is 24.1. The fourth-order valence-corrected chi connectivity index (χ4v) is 10.8. The second kappa shape index (κ2) is 19.1. The third-order valence-electron chi connectivity index (χ3n) is 14.8. The van der Waals surface area contributed by atoms with Crippen molar-refractivity contribution in [2.45, 2.75) is 96.4 Å². The first-order valence-electron chi connectivity index (χ1n) is 24.1. The molecule has 0 aliphatic carbocycles. The zero-order valence-corrected chi connectivity index (χ0v) is 38.9. The summed E-state index contributed by atoms with van der Waals surface area (Å²) in [5.74, 6) is 6.49. The number of benzene rings is 4. The molecule has 9 rings (SSSR count). The van der Waals surface area contributed by atoms with Gasteiger partial charge in [-0.2, -0.15) is 0 Å². The lowest BCUT2D eigenvalue weighted by Crippen LogP contribution is -2.54. The van der Waals surface area contributed by atoms with Crippen molar-refractivity contribution in [1.29, 1.82) is 0 Å². The molecule has 4 saturated heterocycles. The maximum Gasteiger partial charge on any atom is 0.329 e. The molecule has 0 bridgehead atoms. The van der Waals surface area contributed by atoms with E-state index >= 15 is 0 Å². The Bertz CT molecular complexity index is 2850. The van der Waals surface area contributed by atoms with Gasteiger partial charge in [-0.25, -0.2) is 4.79 Å². The van der Waals surface area contributed by atoms with Crippen molar-refractivity contribution in [3.63, 3.8) is 0 Å². The van der Waals surface area contributed by atoms with Gasteiger partial charge in [-0.1, -0.05) is 48.2 Å². The van der Waals surface area contributed by atoms with Crippen molar-refractivity contribution in [1.82, 2.24) is 29.6 Å². The predicted molar refractivity (Wildman–Crippen MR) is 260 cm³/mol. The molecule has 5 heterocycles. The van der Waals surface area contributed by atoms with Gasteiger partial charge in [0.15, 0.2) is 0 Å². The molecule has 4 fully saturated rings. The molecule has 4 aliphatic heterocycles. The minimum Gasteiger partial charge on any atom is -0.399 e. The Morgan fingerprint density at radius 1 is 0.881 bits per heavy atom. The fraction of sp³-hybridized carbons (Fsp3) is 0.453. The van der Waals surface area contributed by atoms with Crippen LogP contribution in [0.15, 0.2) is 77.6 Å². The number of hydrogen-bond acceptors (Lipinski definition) is 9. The smallest absolute Gasteiger partial charge is 0.329 e. The number of carbonyl (C=O) groups excluding carboxylic acids is 4. The van der Waals surface area contributed by atoms with E-state index in [1.54, 1.807) is 16.7 Å². The molecule has 0 saturated carbocycles. The summed E-state index contributed by atoms with van der Waals surface area (Å²) in [6.07, 6.45) is 4.89. The predicted octanol–water partition coefficient (Wildman–Crippen LogP) is 5.67. The third-order valence-corrected chi connectivity index (χ3v) is 14.8. The summed E-state index contributed by atoms with van der Waals surface area (Å²) in [7, 11) is 0. The number of nitrogens with zero attached hydrogens (tertiary/aromatic N) is 5. The highest BCUT2D eigenvalue weighted by Crippen LogP contribution is 2.33. The zero-order chi connectivity index (χ0) is 47.0.